The van der Waals surface area contributed by atoms with Crippen LogP contribution in [0.15, 0.2) is 146 Å². The maximum atomic E-state index is 6.42. The summed E-state index contributed by atoms with van der Waals surface area (Å²) in [7, 11) is 0. The van der Waals surface area contributed by atoms with E-state index < -0.39 is 0 Å². The number of pyridine rings is 1. The number of rotatable bonds is 5. The molecule has 5 nitrogen and oxygen atoms in total. The zero-order valence-electron chi connectivity index (χ0n) is 23.4. The summed E-state index contributed by atoms with van der Waals surface area (Å²) in [5.41, 5.74) is 8.37. The Bertz CT molecular complexity index is 1960. The molecule has 6 heteroatoms. The molecule has 0 amide bonds. The number of nitrogens with zero attached hydrogens (tertiary/aromatic N) is 4. The molecule has 0 saturated heterocycles. The first-order chi connectivity index (χ1) is 21.3. The van der Waals surface area contributed by atoms with Crippen molar-refractivity contribution >= 4 is 28.6 Å². The molecule has 5 aromatic carbocycles. The van der Waals surface area contributed by atoms with E-state index in [0.717, 1.165) is 45.3 Å². The van der Waals surface area contributed by atoms with Crippen LogP contribution in [-0.2, 0) is 21.1 Å². The Morgan fingerprint density at radius 3 is 2.09 bits per heavy atom. The van der Waals surface area contributed by atoms with Crippen molar-refractivity contribution in [2.45, 2.75) is 0 Å². The summed E-state index contributed by atoms with van der Waals surface area (Å²) in [4.78, 5) is 11.0. The molecule has 0 fully saturated rings. The molecule has 0 atom stereocenters. The predicted octanol–water partition coefficient (Wildman–Crippen LogP) is 9.51. The molecule has 0 saturated carbocycles. The molecule has 0 unspecified atom stereocenters. The minimum absolute atomic E-state index is 0. The van der Waals surface area contributed by atoms with E-state index in [1.54, 1.807) is 0 Å². The summed E-state index contributed by atoms with van der Waals surface area (Å²) < 4.78 is 6.42. The molecule has 0 aliphatic carbocycles. The Balaban J connectivity index is 0.00000312. The molecule has 0 N–H and O–H groups in total. The molecule has 0 radical (unpaired) electrons. The molecule has 216 valence electrons. The van der Waals surface area contributed by atoms with Crippen LogP contribution in [0.2, 0.25) is 0 Å². The van der Waals surface area contributed by atoms with Gasteiger partial charge in [-0.1, -0.05) is 78.0 Å². The van der Waals surface area contributed by atoms with Crippen molar-refractivity contribution in [2.24, 2.45) is 0 Å². The molecule has 1 aromatic heterocycles. The topological polar surface area (TPSA) is 31.8 Å². The fraction of sp³-hybridized carbons (Fsp3) is 0. The van der Waals surface area contributed by atoms with Crippen molar-refractivity contribution < 1.29 is 25.8 Å². The molecule has 6 aromatic rings. The van der Waals surface area contributed by atoms with Gasteiger partial charge in [-0.25, -0.2) is 4.98 Å². The van der Waals surface area contributed by atoms with Crippen LogP contribution in [-0.4, -0.2) is 4.98 Å². The summed E-state index contributed by atoms with van der Waals surface area (Å²) in [6, 6.07) is 50.1. The van der Waals surface area contributed by atoms with E-state index >= 15 is 0 Å². The molecular weight excluding hydrogens is 724 g/mol. The standard InChI is InChI=1S/C38H25N4O.Pt/c1-2-11-28(12-3-1)40-23-24-41(27-40)29-13-10-14-30(25-29)43-31-20-21-35-33-16-5-4-15-32(33)34-17-6-7-18-36(34)42(37(35)26-31)38-19-8-9-22-39-38;/h1-24,27H;/q-3;. The third-order valence-corrected chi connectivity index (χ3v) is 7.59. The third kappa shape index (κ3) is 5.06. The van der Waals surface area contributed by atoms with Crippen molar-refractivity contribution in [3.05, 3.63) is 165 Å². The van der Waals surface area contributed by atoms with E-state index in [-0.39, 0.29) is 21.1 Å². The van der Waals surface area contributed by atoms with Crippen LogP contribution in [0.5, 0.6) is 11.5 Å². The number of anilines is 5. The maximum absolute atomic E-state index is 6.42. The average Bonchev–Trinajstić information content (AvgIpc) is 3.53. The zero-order chi connectivity index (χ0) is 28.6. The summed E-state index contributed by atoms with van der Waals surface area (Å²) in [6.07, 6.45) is 5.86. The van der Waals surface area contributed by atoms with Gasteiger partial charge in [-0.05, 0) is 48.3 Å². The number of benzene rings is 5. The number of ether oxygens (including phenoxy) is 1. The second kappa shape index (κ2) is 11.9. The molecule has 0 bridgehead atoms. The van der Waals surface area contributed by atoms with Crippen molar-refractivity contribution in [1.82, 2.24) is 4.98 Å². The molecular formula is C38H25N4OPt-3. The van der Waals surface area contributed by atoms with Crippen molar-refractivity contribution in [1.29, 1.82) is 0 Å². The number of aromatic nitrogens is 1. The Morgan fingerprint density at radius 1 is 0.568 bits per heavy atom. The first-order valence-corrected chi connectivity index (χ1v) is 14.1. The first-order valence-electron chi connectivity index (χ1n) is 14.1. The number of para-hydroxylation sites is 2. The summed E-state index contributed by atoms with van der Waals surface area (Å²) in [5, 5.41) is 0. The van der Waals surface area contributed by atoms with Crippen LogP contribution in [0.1, 0.15) is 0 Å². The predicted molar refractivity (Wildman–Crippen MR) is 172 cm³/mol. The van der Waals surface area contributed by atoms with Gasteiger partial charge in [0.05, 0.1) is 5.69 Å². The molecule has 3 heterocycles. The van der Waals surface area contributed by atoms with E-state index in [1.807, 2.05) is 90.8 Å². The van der Waals surface area contributed by atoms with E-state index in [0.29, 0.717) is 11.5 Å². The Hall–Kier alpha value is -5.12. The molecule has 8 rings (SSSR count). The van der Waals surface area contributed by atoms with Crippen LogP contribution in [0.25, 0.3) is 22.3 Å². The maximum Gasteiger partial charge on any atom is 0.135 e. The summed E-state index contributed by atoms with van der Waals surface area (Å²) in [5.74, 6) is 2.01. The van der Waals surface area contributed by atoms with Crippen LogP contribution in [0.4, 0.5) is 28.6 Å². The van der Waals surface area contributed by atoms with Gasteiger partial charge in [-0.2, -0.15) is 12.1 Å². The van der Waals surface area contributed by atoms with Crippen molar-refractivity contribution in [2.75, 3.05) is 14.7 Å². The van der Waals surface area contributed by atoms with Crippen molar-refractivity contribution in [3.63, 3.8) is 0 Å². The molecule has 2 aliphatic heterocycles. The largest absolute Gasteiger partial charge is 0.509 e. The van der Waals surface area contributed by atoms with Gasteiger partial charge < -0.3 is 19.4 Å². The van der Waals surface area contributed by atoms with E-state index in [9.17, 15) is 0 Å². The monoisotopic (exact) mass is 748 g/mol. The Labute approximate surface area is 271 Å². The SMILES string of the molecule is [Pt].[c-]1c(Oc2[c-]c3c(cc2)-c2ccccc2-c2ccccc2N3c2ccccn2)cccc1N1C=CN(c2ccccc2)[CH-]1. The van der Waals surface area contributed by atoms with E-state index in [2.05, 4.69) is 88.7 Å². The Morgan fingerprint density at radius 2 is 1.27 bits per heavy atom. The summed E-state index contributed by atoms with van der Waals surface area (Å²) >= 11 is 0. The molecule has 0 spiro atoms. The van der Waals surface area contributed by atoms with Gasteiger partial charge >= 0.3 is 0 Å². The third-order valence-electron chi connectivity index (χ3n) is 7.59. The fourth-order valence-corrected chi connectivity index (χ4v) is 5.63. The fourth-order valence-electron chi connectivity index (χ4n) is 5.63. The first kappa shape index (κ1) is 27.7. The van der Waals surface area contributed by atoms with Gasteiger partial charge in [0.15, 0.2) is 0 Å². The van der Waals surface area contributed by atoms with Crippen LogP contribution >= 0.6 is 0 Å². The van der Waals surface area contributed by atoms with E-state index in [4.69, 9.17) is 9.72 Å². The summed E-state index contributed by atoms with van der Waals surface area (Å²) in [6.45, 7) is 2.03. The minimum atomic E-state index is 0. The minimum Gasteiger partial charge on any atom is -0.509 e. The van der Waals surface area contributed by atoms with Gasteiger partial charge in [0.2, 0.25) is 0 Å². The van der Waals surface area contributed by atoms with Crippen LogP contribution in [0, 0.1) is 18.8 Å². The second-order valence-corrected chi connectivity index (χ2v) is 10.2. The van der Waals surface area contributed by atoms with Gasteiger partial charge in [0, 0.05) is 50.0 Å². The number of fused-ring (bicyclic) bond motifs is 5. The van der Waals surface area contributed by atoms with E-state index in [1.165, 1.54) is 5.56 Å². The number of hydrogen-bond acceptors (Lipinski definition) is 5. The zero-order valence-corrected chi connectivity index (χ0v) is 25.7. The molecule has 2 aliphatic rings. The second-order valence-electron chi connectivity index (χ2n) is 10.2. The Kier molecular flexibility index (Phi) is 7.47. The van der Waals surface area contributed by atoms with Gasteiger partial charge in [0.1, 0.15) is 5.82 Å². The van der Waals surface area contributed by atoms with Crippen molar-refractivity contribution in [3.8, 4) is 33.8 Å². The smallest absolute Gasteiger partial charge is 0.135 e. The quantitative estimate of drug-likeness (QED) is 0.164. The van der Waals surface area contributed by atoms with Gasteiger partial charge in [-0.15, -0.1) is 48.3 Å². The number of hydrogen-bond donors (Lipinski definition) is 0. The van der Waals surface area contributed by atoms with Gasteiger partial charge in [-0.3, -0.25) is 0 Å². The average molecular weight is 749 g/mol. The van der Waals surface area contributed by atoms with Gasteiger partial charge in [0.25, 0.3) is 0 Å². The normalized spacial score (nSPS) is 13.0. The molecule has 44 heavy (non-hydrogen) atoms. The van der Waals surface area contributed by atoms with Crippen LogP contribution in [0.3, 0.4) is 0 Å². The van der Waals surface area contributed by atoms with Crippen LogP contribution < -0.4 is 19.4 Å².